The van der Waals surface area contributed by atoms with Crippen molar-refractivity contribution in [3.05, 3.63) is 30.1 Å². The largest absolute Gasteiger partial charge is 0.391 e. The molecule has 1 atom stereocenters. The van der Waals surface area contributed by atoms with E-state index in [1.807, 2.05) is 4.90 Å². The van der Waals surface area contributed by atoms with Crippen molar-refractivity contribution < 1.29 is 13.9 Å². The van der Waals surface area contributed by atoms with E-state index in [1.165, 1.54) is 12.1 Å². The van der Waals surface area contributed by atoms with E-state index >= 15 is 0 Å². The number of nitrogens with zero attached hydrogens (tertiary/aromatic N) is 1. The van der Waals surface area contributed by atoms with E-state index in [2.05, 4.69) is 5.32 Å². The topological polar surface area (TPSA) is 67.6 Å². The third-order valence-electron chi connectivity index (χ3n) is 2.98. The second kappa shape index (κ2) is 6.74. The molecule has 1 aliphatic heterocycles. The first-order valence-electron chi connectivity index (χ1n) is 6.24. The summed E-state index contributed by atoms with van der Waals surface area (Å²) in [6.07, 6.45) is -0.333. The lowest BCUT2D eigenvalue weighted by Gasteiger charge is -2.31. The van der Waals surface area contributed by atoms with Crippen LogP contribution in [0, 0.1) is 5.82 Å². The van der Waals surface area contributed by atoms with Gasteiger partial charge in [-0.1, -0.05) is 24.4 Å². The number of nitrogens with one attached hydrogen (secondary N) is 1. The molecule has 1 amide bonds. The highest BCUT2D eigenvalue weighted by atomic mass is 32.1. The molecule has 108 valence electrons. The van der Waals surface area contributed by atoms with Gasteiger partial charge in [0, 0.05) is 13.1 Å². The van der Waals surface area contributed by atoms with Crippen LogP contribution >= 0.6 is 12.2 Å². The number of para-hydroxylation sites is 1. The average Bonchev–Trinajstić information content (AvgIpc) is 2.41. The molecule has 0 aliphatic carbocycles. The fraction of sp³-hybridized carbons (Fsp3) is 0.385. The molecule has 1 aliphatic rings. The van der Waals surface area contributed by atoms with Gasteiger partial charge in [-0.05, 0) is 12.1 Å². The van der Waals surface area contributed by atoms with Crippen LogP contribution in [0.3, 0.4) is 0 Å². The van der Waals surface area contributed by atoms with Crippen molar-refractivity contribution in [3.8, 4) is 0 Å². The minimum Gasteiger partial charge on any atom is -0.391 e. The van der Waals surface area contributed by atoms with Crippen LogP contribution < -0.4 is 11.1 Å². The normalized spacial score (nSPS) is 19.6. The number of nitrogens with two attached hydrogens (primary N) is 1. The number of hydrogen-bond acceptors (Lipinski definition) is 4. The molecule has 0 saturated carbocycles. The van der Waals surface area contributed by atoms with Crippen LogP contribution in [0.5, 0.6) is 0 Å². The zero-order valence-electron chi connectivity index (χ0n) is 10.8. The summed E-state index contributed by atoms with van der Waals surface area (Å²) in [4.78, 5) is 14.0. The Morgan fingerprint density at radius 3 is 3.00 bits per heavy atom. The minimum absolute atomic E-state index is 0.150. The van der Waals surface area contributed by atoms with Crippen molar-refractivity contribution >= 4 is 28.8 Å². The number of rotatable bonds is 4. The highest BCUT2D eigenvalue weighted by molar-refractivity contribution is 7.80. The van der Waals surface area contributed by atoms with Crippen LogP contribution in [0.25, 0.3) is 0 Å². The summed E-state index contributed by atoms with van der Waals surface area (Å²) in [5.41, 5.74) is 5.71. The van der Waals surface area contributed by atoms with E-state index in [-0.39, 0.29) is 29.2 Å². The van der Waals surface area contributed by atoms with Crippen molar-refractivity contribution in [3.63, 3.8) is 0 Å². The van der Waals surface area contributed by atoms with Gasteiger partial charge in [0.2, 0.25) is 5.91 Å². The van der Waals surface area contributed by atoms with Crippen LogP contribution in [0.1, 0.15) is 0 Å². The van der Waals surface area contributed by atoms with Gasteiger partial charge in [0.1, 0.15) is 16.9 Å². The summed E-state index contributed by atoms with van der Waals surface area (Å²) >= 11 is 4.88. The fourth-order valence-corrected chi connectivity index (χ4v) is 2.12. The lowest BCUT2D eigenvalue weighted by atomic mass is 10.2. The third-order valence-corrected chi connectivity index (χ3v) is 3.25. The molecular formula is C13H16FN3O2S. The Bertz CT molecular complexity index is 512. The predicted molar refractivity (Wildman–Crippen MR) is 78.0 cm³/mol. The Balaban J connectivity index is 1.88. The van der Waals surface area contributed by atoms with Gasteiger partial charge in [0.05, 0.1) is 18.8 Å². The minimum atomic E-state index is -0.455. The zero-order valence-corrected chi connectivity index (χ0v) is 11.7. The first-order valence-corrected chi connectivity index (χ1v) is 6.65. The molecule has 0 bridgehead atoms. The van der Waals surface area contributed by atoms with Gasteiger partial charge in [0.25, 0.3) is 0 Å². The van der Waals surface area contributed by atoms with Gasteiger partial charge in [-0.15, -0.1) is 0 Å². The Hall–Kier alpha value is -1.57. The van der Waals surface area contributed by atoms with E-state index in [0.717, 1.165) is 0 Å². The number of ether oxygens (including phenoxy) is 1. The molecule has 7 heteroatoms. The maximum absolute atomic E-state index is 13.4. The van der Waals surface area contributed by atoms with Gasteiger partial charge in [-0.2, -0.15) is 0 Å². The summed E-state index contributed by atoms with van der Waals surface area (Å²) in [6.45, 7) is 1.70. The molecule has 20 heavy (non-hydrogen) atoms. The molecule has 1 unspecified atom stereocenters. The number of carbonyl (C=O) groups excluding carboxylic acids is 1. The maximum Gasteiger partial charge on any atom is 0.238 e. The summed E-state index contributed by atoms with van der Waals surface area (Å²) in [6, 6.07) is 6.05. The Kier molecular flexibility index (Phi) is 4.99. The molecule has 1 fully saturated rings. The molecule has 1 aromatic rings. The van der Waals surface area contributed by atoms with Crippen LogP contribution in [0.2, 0.25) is 0 Å². The summed E-state index contributed by atoms with van der Waals surface area (Å²) in [5.74, 6) is -0.734. The number of amides is 1. The van der Waals surface area contributed by atoms with Crippen LogP contribution in [0.4, 0.5) is 10.1 Å². The highest BCUT2D eigenvalue weighted by Crippen LogP contribution is 2.12. The van der Waals surface area contributed by atoms with Gasteiger partial charge < -0.3 is 15.8 Å². The van der Waals surface area contributed by atoms with Crippen LogP contribution in [0.15, 0.2) is 24.3 Å². The van der Waals surface area contributed by atoms with Crippen molar-refractivity contribution in [2.24, 2.45) is 5.73 Å². The third kappa shape index (κ3) is 3.96. The van der Waals surface area contributed by atoms with Gasteiger partial charge in [0.15, 0.2) is 0 Å². The number of benzene rings is 1. The lowest BCUT2D eigenvalue weighted by molar-refractivity contribution is -0.118. The van der Waals surface area contributed by atoms with Crippen molar-refractivity contribution in [2.75, 3.05) is 31.6 Å². The first-order chi connectivity index (χ1) is 9.56. The van der Waals surface area contributed by atoms with Crippen molar-refractivity contribution in [2.45, 2.75) is 6.10 Å². The monoisotopic (exact) mass is 297 g/mol. The predicted octanol–water partition coefficient (Wildman–Crippen LogP) is 0.751. The second-order valence-corrected chi connectivity index (χ2v) is 5.00. The molecular weight excluding hydrogens is 281 g/mol. The van der Waals surface area contributed by atoms with Crippen LogP contribution in [-0.4, -0.2) is 48.1 Å². The van der Waals surface area contributed by atoms with Gasteiger partial charge >= 0.3 is 0 Å². The molecule has 1 heterocycles. The van der Waals surface area contributed by atoms with Gasteiger partial charge in [-0.25, -0.2) is 4.39 Å². The average molecular weight is 297 g/mol. The van der Waals surface area contributed by atoms with Gasteiger partial charge in [-0.3, -0.25) is 9.69 Å². The number of carbonyl (C=O) groups is 1. The van der Waals surface area contributed by atoms with E-state index in [4.69, 9.17) is 22.7 Å². The fourth-order valence-electron chi connectivity index (χ4n) is 1.97. The zero-order chi connectivity index (χ0) is 14.5. The van der Waals surface area contributed by atoms with E-state index < -0.39 is 5.82 Å². The van der Waals surface area contributed by atoms with Crippen LogP contribution in [-0.2, 0) is 9.53 Å². The Morgan fingerprint density at radius 2 is 2.30 bits per heavy atom. The van der Waals surface area contributed by atoms with Crippen molar-refractivity contribution in [1.82, 2.24) is 4.90 Å². The molecule has 0 radical (unpaired) electrons. The molecule has 0 spiro atoms. The number of anilines is 1. The molecule has 1 saturated heterocycles. The summed E-state index contributed by atoms with van der Waals surface area (Å²) < 4.78 is 18.8. The molecule has 3 N–H and O–H groups in total. The number of morpholine rings is 1. The SMILES string of the molecule is NC(=S)C1CN(CC(=O)Nc2ccccc2F)CCO1. The summed E-state index contributed by atoms with van der Waals surface area (Å²) in [7, 11) is 0. The molecule has 0 aromatic heterocycles. The first kappa shape index (κ1) is 14.8. The van der Waals surface area contributed by atoms with E-state index in [0.29, 0.717) is 19.7 Å². The van der Waals surface area contributed by atoms with Crippen molar-refractivity contribution in [1.29, 1.82) is 0 Å². The highest BCUT2D eigenvalue weighted by Gasteiger charge is 2.24. The second-order valence-electron chi connectivity index (χ2n) is 4.52. The number of thiocarbonyl (C=S) groups is 1. The quantitative estimate of drug-likeness (QED) is 0.803. The lowest BCUT2D eigenvalue weighted by Crippen LogP contribution is -2.49. The maximum atomic E-state index is 13.4. The standard InChI is InChI=1S/C13H16FN3O2S/c14-9-3-1-2-4-10(9)16-12(18)8-17-5-6-19-11(7-17)13(15)20/h1-4,11H,5-8H2,(H2,15,20)(H,16,18). The molecule has 2 rings (SSSR count). The molecule has 5 nitrogen and oxygen atoms in total. The summed E-state index contributed by atoms with van der Waals surface area (Å²) in [5, 5.41) is 2.54. The van der Waals surface area contributed by atoms with E-state index in [9.17, 15) is 9.18 Å². The Labute approximate surface area is 121 Å². The Morgan fingerprint density at radius 1 is 1.55 bits per heavy atom. The smallest absolute Gasteiger partial charge is 0.238 e. The van der Waals surface area contributed by atoms with E-state index in [1.54, 1.807) is 12.1 Å². The number of hydrogen-bond donors (Lipinski definition) is 2. The molecule has 1 aromatic carbocycles. The number of halogens is 1.